The number of halogens is 1. The third kappa shape index (κ3) is 2.58. The molecule has 4 aromatic rings. The molecule has 3 heteroatoms. The summed E-state index contributed by atoms with van der Waals surface area (Å²) in [5, 5.41) is 1.27. The molecule has 0 unspecified atom stereocenters. The van der Waals surface area contributed by atoms with Crippen molar-refractivity contribution in [3.63, 3.8) is 0 Å². The first-order valence-corrected chi connectivity index (χ1v) is 7.78. The summed E-state index contributed by atoms with van der Waals surface area (Å²) in [6.07, 6.45) is 0. The number of fused-ring (bicyclic) bond motifs is 1. The average molecular weight is 317 g/mol. The predicted octanol–water partition coefficient (Wildman–Crippen LogP) is 5.62. The molecular weight excluding hydrogens is 304 g/mol. The zero-order valence-electron chi connectivity index (χ0n) is 12.3. The molecule has 1 heterocycles. The number of para-hydroxylation sites is 1. The van der Waals surface area contributed by atoms with Crippen LogP contribution in [0.4, 0.5) is 0 Å². The second-order valence-electron chi connectivity index (χ2n) is 5.27. The fourth-order valence-electron chi connectivity index (χ4n) is 2.81. The van der Waals surface area contributed by atoms with Crippen molar-refractivity contribution >= 4 is 22.5 Å². The highest BCUT2D eigenvalue weighted by molar-refractivity contribution is 6.29. The Bertz CT molecular complexity index is 981. The Morgan fingerprint density at radius 2 is 1.26 bits per heavy atom. The van der Waals surface area contributed by atoms with Crippen LogP contribution in [-0.4, -0.2) is 9.97 Å². The molecule has 0 saturated heterocycles. The predicted molar refractivity (Wildman–Crippen MR) is 95.4 cm³/mol. The van der Waals surface area contributed by atoms with Crippen LogP contribution in [0, 0.1) is 0 Å². The molecule has 4 rings (SSSR count). The molecule has 0 radical (unpaired) electrons. The van der Waals surface area contributed by atoms with Crippen LogP contribution >= 0.6 is 11.6 Å². The summed E-state index contributed by atoms with van der Waals surface area (Å²) in [5.74, 6) is 0. The number of hydrogen-bond acceptors (Lipinski definition) is 2. The second kappa shape index (κ2) is 5.82. The Hall–Kier alpha value is -2.71. The zero-order valence-corrected chi connectivity index (χ0v) is 13.0. The zero-order chi connectivity index (χ0) is 15.6. The van der Waals surface area contributed by atoms with Crippen molar-refractivity contribution in [1.29, 1.82) is 0 Å². The normalized spacial score (nSPS) is 10.8. The highest BCUT2D eigenvalue weighted by Gasteiger charge is 2.13. The first-order valence-electron chi connectivity index (χ1n) is 7.40. The van der Waals surface area contributed by atoms with Gasteiger partial charge in [0, 0.05) is 10.9 Å². The third-order valence-corrected chi connectivity index (χ3v) is 4.01. The SMILES string of the molecule is Clc1nc(-c2ccccc2-c2ccccc2)c2ccccc2n1. The van der Waals surface area contributed by atoms with Gasteiger partial charge in [0.1, 0.15) is 0 Å². The van der Waals surface area contributed by atoms with Crippen LogP contribution in [0.5, 0.6) is 0 Å². The molecule has 0 aliphatic heterocycles. The molecule has 0 bridgehead atoms. The largest absolute Gasteiger partial charge is 0.223 e. The quantitative estimate of drug-likeness (QED) is 0.449. The fraction of sp³-hybridized carbons (Fsp3) is 0. The van der Waals surface area contributed by atoms with Crippen LogP contribution in [0.1, 0.15) is 0 Å². The van der Waals surface area contributed by atoms with Crippen LogP contribution in [0.3, 0.4) is 0 Å². The molecule has 3 aromatic carbocycles. The lowest BCUT2D eigenvalue weighted by Gasteiger charge is -2.11. The van der Waals surface area contributed by atoms with Gasteiger partial charge in [-0.1, -0.05) is 72.8 Å². The summed E-state index contributed by atoms with van der Waals surface area (Å²) in [4.78, 5) is 8.83. The molecule has 2 nitrogen and oxygen atoms in total. The van der Waals surface area contributed by atoms with E-state index in [1.54, 1.807) is 0 Å². The van der Waals surface area contributed by atoms with E-state index >= 15 is 0 Å². The van der Waals surface area contributed by atoms with E-state index in [0.29, 0.717) is 0 Å². The van der Waals surface area contributed by atoms with Gasteiger partial charge in [-0.25, -0.2) is 9.97 Å². The second-order valence-corrected chi connectivity index (χ2v) is 5.61. The van der Waals surface area contributed by atoms with Crippen LogP contribution in [0.25, 0.3) is 33.3 Å². The van der Waals surface area contributed by atoms with E-state index in [4.69, 9.17) is 11.6 Å². The van der Waals surface area contributed by atoms with Gasteiger partial charge in [0.05, 0.1) is 11.2 Å². The topological polar surface area (TPSA) is 25.8 Å². The molecular formula is C20H13ClN2. The number of rotatable bonds is 2. The molecule has 0 saturated carbocycles. The first-order chi connectivity index (χ1) is 11.3. The van der Waals surface area contributed by atoms with Gasteiger partial charge in [0.2, 0.25) is 5.28 Å². The van der Waals surface area contributed by atoms with Crippen molar-refractivity contribution in [3.8, 4) is 22.4 Å². The van der Waals surface area contributed by atoms with E-state index in [0.717, 1.165) is 33.3 Å². The third-order valence-electron chi connectivity index (χ3n) is 3.84. The van der Waals surface area contributed by atoms with Crippen molar-refractivity contribution in [1.82, 2.24) is 9.97 Å². The molecule has 110 valence electrons. The summed E-state index contributed by atoms with van der Waals surface area (Å²) >= 11 is 6.15. The Kier molecular flexibility index (Phi) is 3.52. The first kappa shape index (κ1) is 13.9. The standard InChI is InChI=1S/C20H13ClN2/c21-20-22-18-13-7-6-12-17(18)19(23-20)16-11-5-4-10-15(16)14-8-2-1-3-9-14/h1-13H. The minimum absolute atomic E-state index is 0.265. The smallest absolute Gasteiger partial charge is 0.218 e. The number of nitrogens with zero attached hydrogens (tertiary/aromatic N) is 2. The van der Waals surface area contributed by atoms with Crippen LogP contribution in [0.15, 0.2) is 78.9 Å². The Morgan fingerprint density at radius 3 is 2.09 bits per heavy atom. The van der Waals surface area contributed by atoms with Crippen molar-refractivity contribution < 1.29 is 0 Å². The molecule has 0 N–H and O–H groups in total. The van der Waals surface area contributed by atoms with Crippen molar-refractivity contribution in [2.45, 2.75) is 0 Å². The highest BCUT2D eigenvalue weighted by Crippen LogP contribution is 2.34. The van der Waals surface area contributed by atoms with Gasteiger partial charge >= 0.3 is 0 Å². The van der Waals surface area contributed by atoms with Gasteiger partial charge in [-0.15, -0.1) is 0 Å². The molecule has 23 heavy (non-hydrogen) atoms. The summed E-state index contributed by atoms with van der Waals surface area (Å²) in [7, 11) is 0. The lowest BCUT2D eigenvalue weighted by atomic mass is 9.96. The maximum Gasteiger partial charge on any atom is 0.223 e. The van der Waals surface area contributed by atoms with Gasteiger partial charge < -0.3 is 0 Å². The highest BCUT2D eigenvalue weighted by atomic mass is 35.5. The van der Waals surface area contributed by atoms with Gasteiger partial charge in [0.15, 0.2) is 0 Å². The Balaban J connectivity index is 2.03. The van der Waals surface area contributed by atoms with Gasteiger partial charge in [-0.2, -0.15) is 0 Å². The number of hydrogen-bond donors (Lipinski definition) is 0. The molecule has 0 spiro atoms. The fourth-order valence-corrected chi connectivity index (χ4v) is 2.99. The summed E-state index contributed by atoms with van der Waals surface area (Å²) < 4.78 is 0. The summed E-state index contributed by atoms with van der Waals surface area (Å²) in [6.45, 7) is 0. The molecule has 0 fully saturated rings. The minimum Gasteiger partial charge on any atom is -0.218 e. The molecule has 0 amide bonds. The van der Waals surface area contributed by atoms with Gasteiger partial charge in [-0.05, 0) is 28.8 Å². The van der Waals surface area contributed by atoms with E-state index in [-0.39, 0.29) is 5.28 Å². The van der Waals surface area contributed by atoms with Crippen molar-refractivity contribution in [3.05, 3.63) is 84.1 Å². The summed E-state index contributed by atoms with van der Waals surface area (Å²) in [5.41, 5.74) is 5.06. The average Bonchev–Trinajstić information content (AvgIpc) is 2.62. The minimum atomic E-state index is 0.265. The number of benzene rings is 3. The van der Waals surface area contributed by atoms with E-state index in [2.05, 4.69) is 34.2 Å². The van der Waals surface area contributed by atoms with E-state index in [1.807, 2.05) is 54.6 Å². The summed E-state index contributed by atoms with van der Waals surface area (Å²) in [6, 6.07) is 26.5. The lowest BCUT2D eigenvalue weighted by molar-refractivity contribution is 1.22. The monoisotopic (exact) mass is 316 g/mol. The lowest BCUT2D eigenvalue weighted by Crippen LogP contribution is -1.93. The van der Waals surface area contributed by atoms with E-state index in [9.17, 15) is 0 Å². The van der Waals surface area contributed by atoms with E-state index < -0.39 is 0 Å². The molecule has 0 aliphatic carbocycles. The molecule has 1 aromatic heterocycles. The molecule has 0 atom stereocenters. The van der Waals surface area contributed by atoms with Gasteiger partial charge in [0.25, 0.3) is 0 Å². The maximum atomic E-state index is 6.15. The Morgan fingerprint density at radius 1 is 0.609 bits per heavy atom. The van der Waals surface area contributed by atoms with E-state index in [1.165, 1.54) is 0 Å². The van der Waals surface area contributed by atoms with Crippen LogP contribution in [-0.2, 0) is 0 Å². The van der Waals surface area contributed by atoms with Crippen molar-refractivity contribution in [2.75, 3.05) is 0 Å². The van der Waals surface area contributed by atoms with Gasteiger partial charge in [-0.3, -0.25) is 0 Å². The molecule has 0 aliphatic rings. The van der Waals surface area contributed by atoms with Crippen LogP contribution < -0.4 is 0 Å². The van der Waals surface area contributed by atoms with Crippen LogP contribution in [0.2, 0.25) is 5.28 Å². The number of aromatic nitrogens is 2. The van der Waals surface area contributed by atoms with Crippen molar-refractivity contribution in [2.24, 2.45) is 0 Å². The maximum absolute atomic E-state index is 6.15. The Labute approximate surface area is 139 Å².